The maximum atomic E-state index is 12.3. The molecule has 208 valence electrons. The molecule has 0 spiro atoms. The molecule has 0 bridgehead atoms. The highest BCUT2D eigenvalue weighted by molar-refractivity contribution is 5.79. The van der Waals surface area contributed by atoms with Crippen molar-refractivity contribution < 1.29 is 43.2 Å². The number of hydrogen-bond donors (Lipinski definition) is 2. The fourth-order valence-electron chi connectivity index (χ4n) is 3.41. The number of esters is 2. The van der Waals surface area contributed by atoms with Crippen LogP contribution in [-0.4, -0.2) is 46.4 Å². The Labute approximate surface area is 218 Å². The van der Waals surface area contributed by atoms with E-state index in [1.54, 1.807) is 26.8 Å². The van der Waals surface area contributed by atoms with Gasteiger partial charge >= 0.3 is 24.1 Å². The molecule has 0 aromatic heterocycles. The van der Waals surface area contributed by atoms with Crippen molar-refractivity contribution in [2.75, 3.05) is 0 Å². The zero-order chi connectivity index (χ0) is 28.6. The van der Waals surface area contributed by atoms with Crippen LogP contribution in [0.15, 0.2) is 18.2 Å². The Bertz CT molecular complexity index is 965. The molecule has 0 fully saturated rings. The van der Waals surface area contributed by atoms with Crippen LogP contribution in [0.4, 0.5) is 4.79 Å². The van der Waals surface area contributed by atoms with Crippen LogP contribution in [0.1, 0.15) is 80.2 Å². The molecule has 0 saturated carbocycles. The first kappa shape index (κ1) is 31.9. The van der Waals surface area contributed by atoms with Gasteiger partial charge in [0.15, 0.2) is 11.5 Å². The van der Waals surface area contributed by atoms with Crippen LogP contribution in [-0.2, 0) is 30.3 Å². The van der Waals surface area contributed by atoms with E-state index in [4.69, 9.17) is 24.7 Å². The van der Waals surface area contributed by atoms with Gasteiger partial charge in [-0.2, -0.15) is 0 Å². The van der Waals surface area contributed by atoms with Crippen molar-refractivity contribution in [2.45, 2.75) is 98.3 Å². The fraction of sp³-hybridized carbons (Fsp3) is 0.630. The smallest absolute Gasteiger partial charge is 0.480 e. The summed E-state index contributed by atoms with van der Waals surface area (Å²) in [7, 11) is 0. The van der Waals surface area contributed by atoms with Gasteiger partial charge in [0.05, 0.1) is 0 Å². The van der Waals surface area contributed by atoms with Crippen molar-refractivity contribution in [3.63, 3.8) is 0 Å². The number of nitrogens with two attached hydrogens (primary N) is 1. The van der Waals surface area contributed by atoms with Crippen LogP contribution in [0, 0.1) is 11.8 Å². The topological polar surface area (TPSA) is 151 Å². The quantitative estimate of drug-likeness (QED) is 0.293. The summed E-state index contributed by atoms with van der Waals surface area (Å²) in [6, 6.07) is 4.41. The predicted octanol–water partition coefficient (Wildman–Crippen LogP) is 4.64. The molecule has 10 heteroatoms. The second kappa shape index (κ2) is 13.4. The highest BCUT2D eigenvalue weighted by Crippen LogP contribution is 2.32. The van der Waals surface area contributed by atoms with E-state index in [9.17, 15) is 24.3 Å². The Hall–Kier alpha value is -3.14. The van der Waals surface area contributed by atoms with Crippen molar-refractivity contribution in [3.8, 4) is 11.5 Å². The van der Waals surface area contributed by atoms with E-state index in [-0.39, 0.29) is 49.0 Å². The summed E-state index contributed by atoms with van der Waals surface area (Å²) in [6.45, 7) is 14.0. The van der Waals surface area contributed by atoms with Crippen molar-refractivity contribution in [1.29, 1.82) is 0 Å². The van der Waals surface area contributed by atoms with Crippen molar-refractivity contribution in [1.82, 2.24) is 0 Å². The zero-order valence-electron chi connectivity index (χ0n) is 23.1. The van der Waals surface area contributed by atoms with Gasteiger partial charge in [-0.3, -0.25) is 14.4 Å². The largest absolute Gasteiger partial charge is 0.509 e. The standard InChI is InChI=1S/C27H41NO9/c1-16(2)11-22(29)35-20-10-9-19(13-21(20)36-23(30)12-17(3)4)15-27(28,24(31)32)14-18(5)34-25(33)37-26(6,7)8/h9-10,13,16-18H,11-12,14-15,28H2,1-8H3,(H,31,32)/t18-,27?/m0/s1. The number of aliphatic carboxylic acids is 1. The molecular weight excluding hydrogens is 482 g/mol. The average Bonchev–Trinajstić information content (AvgIpc) is 2.66. The predicted molar refractivity (Wildman–Crippen MR) is 136 cm³/mol. The van der Waals surface area contributed by atoms with E-state index in [0.717, 1.165) is 0 Å². The molecule has 0 aliphatic heterocycles. The Kier molecular flexibility index (Phi) is 11.6. The lowest BCUT2D eigenvalue weighted by atomic mass is 9.86. The molecule has 0 aliphatic rings. The van der Waals surface area contributed by atoms with E-state index < -0.39 is 41.3 Å². The normalized spacial score (nSPS) is 14.0. The number of carbonyl (C=O) groups excluding carboxylic acids is 3. The molecule has 37 heavy (non-hydrogen) atoms. The van der Waals surface area contributed by atoms with Gasteiger partial charge in [-0.25, -0.2) is 4.79 Å². The van der Waals surface area contributed by atoms with Crippen molar-refractivity contribution >= 4 is 24.1 Å². The summed E-state index contributed by atoms with van der Waals surface area (Å²) in [6.07, 6.45) is -1.88. The summed E-state index contributed by atoms with van der Waals surface area (Å²) in [5.74, 6) is -2.18. The number of rotatable bonds is 12. The zero-order valence-corrected chi connectivity index (χ0v) is 23.1. The lowest BCUT2D eigenvalue weighted by Gasteiger charge is -2.28. The van der Waals surface area contributed by atoms with Crippen LogP contribution in [0.5, 0.6) is 11.5 Å². The van der Waals surface area contributed by atoms with Gasteiger partial charge in [0.1, 0.15) is 17.2 Å². The molecule has 1 rings (SSSR count). The lowest BCUT2D eigenvalue weighted by molar-refractivity contribution is -0.145. The molecular formula is C27H41NO9. The Morgan fingerprint density at radius 2 is 1.41 bits per heavy atom. The van der Waals surface area contributed by atoms with Gasteiger partial charge in [0.2, 0.25) is 0 Å². The maximum absolute atomic E-state index is 12.3. The third-order valence-corrected chi connectivity index (χ3v) is 4.89. The number of carboxylic acid groups (broad SMARTS) is 1. The number of benzene rings is 1. The monoisotopic (exact) mass is 523 g/mol. The number of hydrogen-bond acceptors (Lipinski definition) is 9. The summed E-state index contributed by atoms with van der Waals surface area (Å²) in [4.78, 5) is 48.7. The second-order valence-electron chi connectivity index (χ2n) is 11.2. The summed E-state index contributed by atoms with van der Waals surface area (Å²) in [5, 5.41) is 9.88. The SMILES string of the molecule is CC(C)CC(=O)Oc1ccc(CC(N)(C[C@H](C)OC(=O)OC(C)(C)C)C(=O)O)cc1OC(=O)CC(C)C. The first-order valence-electron chi connectivity index (χ1n) is 12.4. The van der Waals surface area contributed by atoms with Gasteiger partial charge < -0.3 is 29.8 Å². The van der Waals surface area contributed by atoms with Gasteiger partial charge in [-0.05, 0) is 57.2 Å². The highest BCUT2D eigenvalue weighted by atomic mass is 16.7. The second-order valence-corrected chi connectivity index (χ2v) is 11.2. The molecule has 0 radical (unpaired) electrons. The van der Waals surface area contributed by atoms with Crippen LogP contribution in [0.3, 0.4) is 0 Å². The van der Waals surface area contributed by atoms with Gasteiger partial charge in [-0.15, -0.1) is 0 Å². The van der Waals surface area contributed by atoms with Gasteiger partial charge in [0, 0.05) is 25.7 Å². The molecule has 0 aliphatic carbocycles. The van der Waals surface area contributed by atoms with Crippen LogP contribution < -0.4 is 15.2 Å². The minimum Gasteiger partial charge on any atom is -0.480 e. The maximum Gasteiger partial charge on any atom is 0.509 e. The third-order valence-electron chi connectivity index (χ3n) is 4.89. The van der Waals surface area contributed by atoms with E-state index in [1.165, 1.54) is 19.1 Å². The average molecular weight is 524 g/mol. The summed E-state index contributed by atoms with van der Waals surface area (Å²) < 4.78 is 21.2. The van der Waals surface area contributed by atoms with E-state index in [2.05, 4.69) is 0 Å². The molecule has 2 atom stereocenters. The summed E-state index contributed by atoms with van der Waals surface area (Å²) in [5.41, 5.74) is 4.07. The lowest BCUT2D eigenvalue weighted by Crippen LogP contribution is -2.52. The molecule has 0 saturated heterocycles. The Balaban J connectivity index is 3.17. The highest BCUT2D eigenvalue weighted by Gasteiger charge is 2.37. The first-order valence-corrected chi connectivity index (χ1v) is 12.4. The molecule has 3 N–H and O–H groups in total. The van der Waals surface area contributed by atoms with E-state index in [0.29, 0.717) is 5.56 Å². The minimum atomic E-state index is -1.82. The first-order chi connectivity index (χ1) is 16.9. The minimum absolute atomic E-state index is 0.00829. The van der Waals surface area contributed by atoms with Crippen LogP contribution >= 0.6 is 0 Å². The molecule has 10 nitrogen and oxygen atoms in total. The van der Waals surface area contributed by atoms with Gasteiger partial charge in [0.25, 0.3) is 0 Å². The Morgan fingerprint density at radius 3 is 1.86 bits per heavy atom. The third kappa shape index (κ3) is 12.1. The summed E-state index contributed by atoms with van der Waals surface area (Å²) >= 11 is 0. The van der Waals surface area contributed by atoms with Crippen LogP contribution in [0.25, 0.3) is 0 Å². The van der Waals surface area contributed by atoms with Crippen molar-refractivity contribution in [2.24, 2.45) is 17.6 Å². The molecule has 0 amide bonds. The number of carboxylic acids is 1. The Morgan fingerprint density at radius 1 is 0.892 bits per heavy atom. The molecule has 1 aromatic carbocycles. The van der Waals surface area contributed by atoms with Crippen LogP contribution in [0.2, 0.25) is 0 Å². The number of carbonyl (C=O) groups is 4. The molecule has 0 heterocycles. The van der Waals surface area contributed by atoms with Gasteiger partial charge in [-0.1, -0.05) is 33.8 Å². The molecule has 1 aromatic rings. The van der Waals surface area contributed by atoms with E-state index >= 15 is 0 Å². The van der Waals surface area contributed by atoms with Crippen molar-refractivity contribution in [3.05, 3.63) is 23.8 Å². The molecule has 1 unspecified atom stereocenters. The van der Waals surface area contributed by atoms with E-state index in [1.807, 2.05) is 27.7 Å². The fourth-order valence-corrected chi connectivity index (χ4v) is 3.41. The number of ether oxygens (including phenoxy) is 4.